The number of hydrogen-bond acceptors (Lipinski definition) is 5. The largest absolute Gasteiger partial charge is 0.280 e. The fourth-order valence-corrected chi connectivity index (χ4v) is 3.85. The molecule has 0 bridgehead atoms. The van der Waals surface area contributed by atoms with Gasteiger partial charge in [-0.05, 0) is 29.8 Å². The maximum absolute atomic E-state index is 12.4. The number of aromatic amines is 1. The molecule has 2 aromatic carbocycles. The zero-order valence-electron chi connectivity index (χ0n) is 12.1. The van der Waals surface area contributed by atoms with Gasteiger partial charge < -0.3 is 0 Å². The van der Waals surface area contributed by atoms with Gasteiger partial charge in [-0.25, -0.2) is 8.42 Å². The highest BCUT2D eigenvalue weighted by molar-refractivity contribution is 7.92. The van der Waals surface area contributed by atoms with Gasteiger partial charge in [-0.15, -0.1) is 10.2 Å². The van der Waals surface area contributed by atoms with Gasteiger partial charge in [-0.2, -0.15) is 5.21 Å². The number of anilines is 1. The molecule has 0 aliphatic rings. The van der Waals surface area contributed by atoms with E-state index in [1.807, 2.05) is 0 Å². The zero-order chi connectivity index (χ0) is 17.2. The fourth-order valence-electron chi connectivity index (χ4n) is 2.03. The van der Waals surface area contributed by atoms with E-state index in [0.29, 0.717) is 17.9 Å². The Morgan fingerprint density at radius 2 is 1.83 bits per heavy atom. The molecule has 0 aliphatic carbocycles. The summed E-state index contributed by atoms with van der Waals surface area (Å²) in [6.07, 6.45) is 0.490. The van der Waals surface area contributed by atoms with Gasteiger partial charge in [0.2, 0.25) is 0 Å². The molecule has 1 aromatic heterocycles. The minimum atomic E-state index is -3.84. The third-order valence-corrected chi connectivity index (χ3v) is 5.52. The first-order chi connectivity index (χ1) is 11.5. The SMILES string of the molecule is O=S(=O)(Nc1ccc(Cc2nn[nH]n2)cc1)c1cccc(Cl)c1Cl. The number of sulfonamides is 1. The maximum atomic E-state index is 12.4. The van der Waals surface area contributed by atoms with Gasteiger partial charge in [0.15, 0.2) is 5.82 Å². The van der Waals surface area contributed by atoms with Gasteiger partial charge in [0.05, 0.1) is 10.0 Å². The Bertz CT molecular complexity index is 944. The van der Waals surface area contributed by atoms with Crippen molar-refractivity contribution in [2.45, 2.75) is 11.3 Å². The molecule has 7 nitrogen and oxygen atoms in total. The van der Waals surface area contributed by atoms with Crippen LogP contribution in [0.3, 0.4) is 0 Å². The Hall–Kier alpha value is -2.16. The van der Waals surface area contributed by atoms with E-state index in [4.69, 9.17) is 23.2 Å². The summed E-state index contributed by atoms with van der Waals surface area (Å²) in [4.78, 5) is -0.0764. The summed E-state index contributed by atoms with van der Waals surface area (Å²) in [5, 5.41) is 13.7. The Morgan fingerprint density at radius 1 is 1.08 bits per heavy atom. The van der Waals surface area contributed by atoms with Crippen LogP contribution >= 0.6 is 23.2 Å². The van der Waals surface area contributed by atoms with Crippen LogP contribution in [0.5, 0.6) is 0 Å². The number of benzene rings is 2. The Morgan fingerprint density at radius 3 is 2.50 bits per heavy atom. The van der Waals surface area contributed by atoms with E-state index in [1.165, 1.54) is 18.2 Å². The van der Waals surface area contributed by atoms with Crippen molar-refractivity contribution in [3.8, 4) is 0 Å². The predicted molar refractivity (Wildman–Crippen MR) is 90.7 cm³/mol. The van der Waals surface area contributed by atoms with E-state index in [1.54, 1.807) is 24.3 Å². The molecular formula is C14H11Cl2N5O2S. The highest BCUT2D eigenvalue weighted by atomic mass is 35.5. The highest BCUT2D eigenvalue weighted by Gasteiger charge is 2.19. The summed E-state index contributed by atoms with van der Waals surface area (Å²) in [5.74, 6) is 0.550. The van der Waals surface area contributed by atoms with Crippen LogP contribution in [0.25, 0.3) is 0 Å². The molecule has 2 N–H and O–H groups in total. The van der Waals surface area contributed by atoms with Gasteiger partial charge in [0.25, 0.3) is 10.0 Å². The minimum Gasteiger partial charge on any atom is -0.280 e. The van der Waals surface area contributed by atoms with Crippen LogP contribution in [0.4, 0.5) is 5.69 Å². The normalized spacial score (nSPS) is 11.4. The molecule has 0 fully saturated rings. The van der Waals surface area contributed by atoms with Crippen LogP contribution in [-0.2, 0) is 16.4 Å². The molecule has 3 aromatic rings. The van der Waals surface area contributed by atoms with Gasteiger partial charge in [-0.3, -0.25) is 4.72 Å². The van der Waals surface area contributed by atoms with Crippen molar-refractivity contribution in [1.29, 1.82) is 0 Å². The van der Waals surface area contributed by atoms with Crippen LogP contribution in [0.1, 0.15) is 11.4 Å². The third kappa shape index (κ3) is 3.66. The quantitative estimate of drug-likeness (QED) is 0.705. The lowest BCUT2D eigenvalue weighted by Crippen LogP contribution is -2.13. The maximum Gasteiger partial charge on any atom is 0.263 e. The molecule has 3 rings (SSSR count). The van der Waals surface area contributed by atoms with Gasteiger partial charge >= 0.3 is 0 Å². The molecule has 0 spiro atoms. The Balaban J connectivity index is 1.79. The Kier molecular flexibility index (Phi) is 4.70. The second-order valence-corrected chi connectivity index (χ2v) is 7.30. The average molecular weight is 384 g/mol. The molecule has 0 unspecified atom stereocenters. The van der Waals surface area contributed by atoms with Crippen LogP contribution in [-0.4, -0.2) is 29.0 Å². The molecule has 10 heteroatoms. The molecule has 0 saturated heterocycles. The van der Waals surface area contributed by atoms with E-state index in [2.05, 4.69) is 25.3 Å². The van der Waals surface area contributed by atoms with E-state index in [9.17, 15) is 8.42 Å². The lowest BCUT2D eigenvalue weighted by Gasteiger charge is -2.10. The topological polar surface area (TPSA) is 101 Å². The van der Waals surface area contributed by atoms with Gasteiger partial charge in [0.1, 0.15) is 4.90 Å². The van der Waals surface area contributed by atoms with Crippen LogP contribution in [0.15, 0.2) is 47.4 Å². The molecule has 1 heterocycles. The van der Waals surface area contributed by atoms with E-state index >= 15 is 0 Å². The van der Waals surface area contributed by atoms with Crippen LogP contribution in [0, 0.1) is 0 Å². The Labute approximate surface area is 148 Å². The van der Waals surface area contributed by atoms with Crippen molar-refractivity contribution < 1.29 is 8.42 Å². The molecule has 0 amide bonds. The summed E-state index contributed by atoms with van der Waals surface area (Å²) < 4.78 is 27.3. The first kappa shape index (κ1) is 16.7. The number of aromatic nitrogens is 4. The summed E-state index contributed by atoms with van der Waals surface area (Å²) in [6, 6.07) is 11.3. The minimum absolute atomic E-state index is 0.0135. The summed E-state index contributed by atoms with van der Waals surface area (Å²) in [7, 11) is -3.84. The number of halogens is 2. The number of nitrogens with zero attached hydrogens (tertiary/aromatic N) is 3. The molecule has 24 heavy (non-hydrogen) atoms. The molecule has 0 radical (unpaired) electrons. The second-order valence-electron chi connectivity index (χ2n) is 4.86. The number of tetrazole rings is 1. The van der Waals surface area contributed by atoms with Crippen molar-refractivity contribution in [1.82, 2.24) is 20.6 Å². The monoisotopic (exact) mass is 383 g/mol. The highest BCUT2D eigenvalue weighted by Crippen LogP contribution is 2.30. The first-order valence-electron chi connectivity index (χ1n) is 6.74. The number of nitrogens with one attached hydrogen (secondary N) is 2. The number of hydrogen-bond donors (Lipinski definition) is 2. The standard InChI is InChI=1S/C14H11Cl2N5O2S/c15-11-2-1-3-12(14(11)16)24(22,23)19-10-6-4-9(5-7-10)8-13-17-20-21-18-13/h1-7,19H,8H2,(H,17,18,20,21). The lowest BCUT2D eigenvalue weighted by atomic mass is 10.1. The number of H-pyrrole nitrogens is 1. The zero-order valence-corrected chi connectivity index (χ0v) is 14.4. The van der Waals surface area contributed by atoms with Gasteiger partial charge in [0, 0.05) is 12.1 Å². The van der Waals surface area contributed by atoms with Crippen LogP contribution in [0.2, 0.25) is 10.0 Å². The van der Waals surface area contributed by atoms with Gasteiger partial charge in [-0.1, -0.05) is 46.6 Å². The summed E-state index contributed by atoms with van der Waals surface area (Å²) in [6.45, 7) is 0. The smallest absolute Gasteiger partial charge is 0.263 e. The molecule has 0 atom stereocenters. The third-order valence-electron chi connectivity index (χ3n) is 3.16. The number of rotatable bonds is 5. The second kappa shape index (κ2) is 6.76. The summed E-state index contributed by atoms with van der Waals surface area (Å²) >= 11 is 11.8. The average Bonchev–Trinajstić information content (AvgIpc) is 3.04. The van der Waals surface area contributed by atoms with E-state index in [-0.39, 0.29) is 14.9 Å². The van der Waals surface area contributed by atoms with Crippen LogP contribution < -0.4 is 4.72 Å². The molecule has 124 valence electrons. The van der Waals surface area contributed by atoms with Crippen molar-refractivity contribution >= 4 is 38.9 Å². The first-order valence-corrected chi connectivity index (χ1v) is 8.98. The van der Waals surface area contributed by atoms with E-state index < -0.39 is 10.0 Å². The van der Waals surface area contributed by atoms with Crippen molar-refractivity contribution in [2.24, 2.45) is 0 Å². The molecule has 0 saturated carbocycles. The van der Waals surface area contributed by atoms with Crippen molar-refractivity contribution in [2.75, 3.05) is 4.72 Å². The van der Waals surface area contributed by atoms with Crippen molar-refractivity contribution in [3.05, 3.63) is 63.9 Å². The lowest BCUT2D eigenvalue weighted by molar-refractivity contribution is 0.601. The predicted octanol–water partition coefficient (Wildman–Crippen LogP) is 2.90. The summed E-state index contributed by atoms with van der Waals surface area (Å²) in [5.41, 5.74) is 1.32. The molecule has 0 aliphatic heterocycles. The van der Waals surface area contributed by atoms with Crippen molar-refractivity contribution in [3.63, 3.8) is 0 Å². The fraction of sp³-hybridized carbons (Fsp3) is 0.0714. The molecular weight excluding hydrogens is 373 g/mol. The van der Waals surface area contributed by atoms with E-state index in [0.717, 1.165) is 5.56 Å².